The van der Waals surface area contributed by atoms with E-state index in [4.69, 9.17) is 32.7 Å². The van der Waals surface area contributed by atoms with E-state index in [0.717, 1.165) is 11.1 Å². The minimum Gasteiger partial charge on any atom is -0.486 e. The Hall–Kier alpha value is -3.22. The SMILES string of the molecule is CC(C)NC(=O)[C@H](Cc1ccccc1)N(Cc1c(Cl)cccc1Cl)C(=O)CCc1ccc2c(c1)OCCO2. The molecule has 0 aromatic heterocycles. The lowest BCUT2D eigenvalue weighted by atomic mass is 10.0. The largest absolute Gasteiger partial charge is 0.486 e. The van der Waals surface area contributed by atoms with E-state index in [0.29, 0.717) is 53.2 Å². The van der Waals surface area contributed by atoms with E-state index in [2.05, 4.69) is 5.32 Å². The van der Waals surface area contributed by atoms with Gasteiger partial charge in [0, 0.05) is 41.0 Å². The second-order valence-corrected chi connectivity index (χ2v) is 10.4. The molecule has 1 heterocycles. The zero-order valence-corrected chi connectivity index (χ0v) is 23.1. The fourth-order valence-corrected chi connectivity index (χ4v) is 4.94. The van der Waals surface area contributed by atoms with Crippen molar-refractivity contribution in [2.24, 2.45) is 0 Å². The van der Waals surface area contributed by atoms with Gasteiger partial charge in [0.1, 0.15) is 19.3 Å². The quantitative estimate of drug-likeness (QED) is 0.340. The van der Waals surface area contributed by atoms with Crippen LogP contribution in [0.15, 0.2) is 66.7 Å². The van der Waals surface area contributed by atoms with Crippen molar-refractivity contribution in [3.05, 3.63) is 93.5 Å². The molecule has 6 nitrogen and oxygen atoms in total. The molecule has 0 bridgehead atoms. The molecule has 3 aromatic rings. The van der Waals surface area contributed by atoms with Crippen molar-refractivity contribution in [3.8, 4) is 11.5 Å². The van der Waals surface area contributed by atoms with Crippen molar-refractivity contribution in [1.29, 1.82) is 0 Å². The van der Waals surface area contributed by atoms with Crippen LogP contribution in [-0.4, -0.2) is 42.0 Å². The first kappa shape index (κ1) is 27.8. The summed E-state index contributed by atoms with van der Waals surface area (Å²) in [6.45, 7) is 4.92. The number of nitrogens with one attached hydrogen (secondary N) is 1. The molecule has 200 valence electrons. The van der Waals surface area contributed by atoms with Crippen molar-refractivity contribution in [1.82, 2.24) is 10.2 Å². The van der Waals surface area contributed by atoms with Gasteiger partial charge in [-0.3, -0.25) is 9.59 Å². The lowest BCUT2D eigenvalue weighted by Crippen LogP contribution is -2.51. The summed E-state index contributed by atoms with van der Waals surface area (Å²) < 4.78 is 11.3. The van der Waals surface area contributed by atoms with Crippen molar-refractivity contribution in [2.75, 3.05) is 13.2 Å². The number of carbonyl (C=O) groups is 2. The number of nitrogens with zero attached hydrogens (tertiary/aromatic N) is 1. The maximum absolute atomic E-state index is 13.9. The number of hydrogen-bond acceptors (Lipinski definition) is 4. The monoisotopic (exact) mass is 554 g/mol. The molecule has 0 unspecified atom stereocenters. The maximum atomic E-state index is 13.9. The maximum Gasteiger partial charge on any atom is 0.243 e. The lowest BCUT2D eigenvalue weighted by Gasteiger charge is -2.32. The highest BCUT2D eigenvalue weighted by atomic mass is 35.5. The highest BCUT2D eigenvalue weighted by Crippen LogP contribution is 2.32. The second kappa shape index (κ2) is 13.0. The molecular formula is C30H32Cl2N2O4. The summed E-state index contributed by atoms with van der Waals surface area (Å²) in [6.07, 6.45) is 1.03. The molecule has 2 amide bonds. The van der Waals surface area contributed by atoms with Gasteiger partial charge < -0.3 is 19.7 Å². The van der Waals surface area contributed by atoms with Gasteiger partial charge in [-0.05, 0) is 55.7 Å². The zero-order valence-electron chi connectivity index (χ0n) is 21.6. The van der Waals surface area contributed by atoms with E-state index in [1.165, 1.54) is 0 Å². The summed E-state index contributed by atoms with van der Waals surface area (Å²) in [5.74, 6) is 0.990. The highest BCUT2D eigenvalue weighted by molar-refractivity contribution is 6.36. The zero-order chi connectivity index (χ0) is 27.1. The average Bonchev–Trinajstić information content (AvgIpc) is 2.90. The predicted octanol–water partition coefficient (Wildman–Crippen LogP) is 5.86. The number of rotatable bonds is 10. The Morgan fingerprint density at radius 2 is 1.58 bits per heavy atom. The third-order valence-electron chi connectivity index (χ3n) is 6.33. The molecule has 0 radical (unpaired) electrons. The molecule has 0 saturated carbocycles. The number of ether oxygens (including phenoxy) is 2. The number of aryl methyl sites for hydroxylation is 1. The van der Waals surface area contributed by atoms with Crippen LogP contribution in [-0.2, 0) is 29.0 Å². The molecule has 0 fully saturated rings. The van der Waals surface area contributed by atoms with Crippen LogP contribution >= 0.6 is 23.2 Å². The molecule has 1 N–H and O–H groups in total. The first-order chi connectivity index (χ1) is 18.3. The number of halogens is 2. The normalized spacial score (nSPS) is 13.2. The van der Waals surface area contributed by atoms with Gasteiger partial charge in [0.15, 0.2) is 11.5 Å². The Kier molecular flexibility index (Phi) is 9.53. The third kappa shape index (κ3) is 7.21. The fraction of sp³-hybridized carbons (Fsp3) is 0.333. The third-order valence-corrected chi connectivity index (χ3v) is 7.03. The highest BCUT2D eigenvalue weighted by Gasteiger charge is 2.31. The van der Waals surface area contributed by atoms with Crippen molar-refractivity contribution in [2.45, 2.75) is 51.7 Å². The topological polar surface area (TPSA) is 67.9 Å². The van der Waals surface area contributed by atoms with E-state index in [1.807, 2.05) is 62.4 Å². The van der Waals surface area contributed by atoms with E-state index in [9.17, 15) is 9.59 Å². The van der Waals surface area contributed by atoms with Gasteiger partial charge in [-0.25, -0.2) is 0 Å². The van der Waals surface area contributed by atoms with Gasteiger partial charge in [-0.15, -0.1) is 0 Å². The fourth-order valence-electron chi connectivity index (χ4n) is 4.43. The number of amides is 2. The molecule has 1 aliphatic rings. The van der Waals surface area contributed by atoms with Gasteiger partial charge in [-0.2, -0.15) is 0 Å². The summed E-state index contributed by atoms with van der Waals surface area (Å²) in [5.41, 5.74) is 2.51. The molecule has 8 heteroatoms. The Morgan fingerprint density at radius 1 is 0.895 bits per heavy atom. The molecule has 3 aromatic carbocycles. The van der Waals surface area contributed by atoms with Crippen LogP contribution in [0.5, 0.6) is 11.5 Å². The van der Waals surface area contributed by atoms with E-state index < -0.39 is 6.04 Å². The molecule has 1 aliphatic heterocycles. The molecule has 0 aliphatic carbocycles. The summed E-state index contributed by atoms with van der Waals surface area (Å²) in [4.78, 5) is 29.0. The summed E-state index contributed by atoms with van der Waals surface area (Å²) in [5, 5.41) is 3.89. The smallest absolute Gasteiger partial charge is 0.243 e. The van der Waals surface area contributed by atoms with Gasteiger partial charge >= 0.3 is 0 Å². The summed E-state index contributed by atoms with van der Waals surface area (Å²) in [6, 6.07) is 19.8. The summed E-state index contributed by atoms with van der Waals surface area (Å²) >= 11 is 13.0. The van der Waals surface area contributed by atoms with Crippen LogP contribution in [0.25, 0.3) is 0 Å². The van der Waals surface area contributed by atoms with Gasteiger partial charge in [0.25, 0.3) is 0 Å². The number of benzene rings is 3. The molecule has 0 saturated heterocycles. The van der Waals surface area contributed by atoms with Gasteiger partial charge in [0.05, 0.1) is 0 Å². The average molecular weight is 556 g/mol. The van der Waals surface area contributed by atoms with Crippen LogP contribution in [0.3, 0.4) is 0 Å². The number of carbonyl (C=O) groups excluding carboxylic acids is 2. The Morgan fingerprint density at radius 3 is 2.26 bits per heavy atom. The molecule has 0 spiro atoms. The van der Waals surface area contributed by atoms with Gasteiger partial charge in [0.2, 0.25) is 11.8 Å². The Labute approximate surface area is 233 Å². The van der Waals surface area contributed by atoms with Crippen LogP contribution in [0.1, 0.15) is 37.0 Å². The molecule has 38 heavy (non-hydrogen) atoms. The molecule has 4 rings (SSSR count). The van der Waals surface area contributed by atoms with Crippen molar-refractivity contribution in [3.63, 3.8) is 0 Å². The Bertz CT molecular complexity index is 1250. The van der Waals surface area contributed by atoms with Gasteiger partial charge in [-0.1, -0.05) is 65.7 Å². The van der Waals surface area contributed by atoms with E-state index in [1.54, 1.807) is 23.1 Å². The predicted molar refractivity (Wildman–Crippen MR) is 150 cm³/mol. The number of fused-ring (bicyclic) bond motifs is 1. The standard InChI is InChI=1S/C30H32Cl2N2O4/c1-20(2)33-30(36)26(17-21-7-4-3-5-8-21)34(19-23-24(31)9-6-10-25(23)32)29(35)14-12-22-11-13-27-28(18-22)38-16-15-37-27/h3-11,13,18,20,26H,12,14-17,19H2,1-2H3,(H,33,36)/t26-/m0/s1. The van der Waals surface area contributed by atoms with Crippen LogP contribution < -0.4 is 14.8 Å². The minimum atomic E-state index is -0.750. The van der Waals surface area contributed by atoms with E-state index in [-0.39, 0.29) is 30.8 Å². The second-order valence-electron chi connectivity index (χ2n) is 9.57. The first-order valence-corrected chi connectivity index (χ1v) is 13.5. The Balaban J connectivity index is 1.63. The van der Waals surface area contributed by atoms with Crippen LogP contribution in [0.2, 0.25) is 10.0 Å². The first-order valence-electron chi connectivity index (χ1n) is 12.8. The van der Waals surface area contributed by atoms with E-state index >= 15 is 0 Å². The van der Waals surface area contributed by atoms with Crippen LogP contribution in [0.4, 0.5) is 0 Å². The van der Waals surface area contributed by atoms with Crippen molar-refractivity contribution >= 4 is 35.0 Å². The van der Waals surface area contributed by atoms with Crippen molar-refractivity contribution < 1.29 is 19.1 Å². The lowest BCUT2D eigenvalue weighted by molar-refractivity contribution is -0.141. The molecular weight excluding hydrogens is 523 g/mol. The number of hydrogen-bond donors (Lipinski definition) is 1. The van der Waals surface area contributed by atoms with Crippen LogP contribution in [0, 0.1) is 0 Å². The molecule has 1 atom stereocenters. The summed E-state index contributed by atoms with van der Waals surface area (Å²) in [7, 11) is 0. The minimum absolute atomic E-state index is 0.0839.